The Morgan fingerprint density at radius 1 is 0.967 bits per heavy atom. The van der Waals surface area contributed by atoms with Crippen LogP contribution < -0.4 is 0 Å². The minimum Gasteiger partial charge on any atom is -0.393 e. The fourth-order valence-electron chi connectivity index (χ4n) is 8.57. The van der Waals surface area contributed by atoms with E-state index in [4.69, 9.17) is 0 Å². The molecule has 0 radical (unpaired) electrons. The molecule has 0 aliphatic heterocycles. The van der Waals surface area contributed by atoms with Crippen LogP contribution in [0.1, 0.15) is 92.4 Å². The monoisotopic (exact) mass is 418 g/mol. The molecule has 10 unspecified atom stereocenters. The Morgan fingerprint density at radius 2 is 1.70 bits per heavy atom. The largest absolute Gasteiger partial charge is 0.393 e. The van der Waals surface area contributed by atoms with Crippen molar-refractivity contribution in [2.75, 3.05) is 0 Å². The second-order valence-corrected chi connectivity index (χ2v) is 12.4. The minimum atomic E-state index is -0.343. The van der Waals surface area contributed by atoms with Gasteiger partial charge in [-0.2, -0.15) is 0 Å². The molecule has 10 atom stereocenters. The Labute approximate surface area is 184 Å². The van der Waals surface area contributed by atoms with E-state index in [0.717, 1.165) is 32.1 Å². The zero-order chi connectivity index (χ0) is 21.8. The van der Waals surface area contributed by atoms with Crippen molar-refractivity contribution in [3.8, 4) is 0 Å². The van der Waals surface area contributed by atoms with Crippen LogP contribution in [0.25, 0.3) is 0 Å². The summed E-state index contributed by atoms with van der Waals surface area (Å²) >= 11 is 0. The smallest absolute Gasteiger partial charge is 0.0757 e. The lowest BCUT2D eigenvalue weighted by atomic mass is 9.46. The summed E-state index contributed by atoms with van der Waals surface area (Å²) in [7, 11) is 0. The maximum absolute atomic E-state index is 11.3. The van der Waals surface area contributed by atoms with Crippen LogP contribution in [0.3, 0.4) is 0 Å². The number of aliphatic hydroxyl groups is 3. The molecule has 4 rings (SSSR count). The highest BCUT2D eigenvalue weighted by Gasteiger charge is 2.61. The molecule has 0 spiro atoms. The second kappa shape index (κ2) is 8.19. The van der Waals surface area contributed by atoms with Crippen LogP contribution in [0, 0.1) is 46.3 Å². The summed E-state index contributed by atoms with van der Waals surface area (Å²) in [5, 5.41) is 31.8. The van der Waals surface area contributed by atoms with Crippen LogP contribution in [0.15, 0.2) is 11.6 Å². The average molecular weight is 419 g/mol. The number of hydrogen-bond acceptors (Lipinski definition) is 3. The molecule has 0 aromatic rings. The van der Waals surface area contributed by atoms with Gasteiger partial charge in [0, 0.05) is 0 Å². The summed E-state index contributed by atoms with van der Waals surface area (Å²) in [6.07, 6.45) is 11.2. The highest BCUT2D eigenvalue weighted by atomic mass is 16.3. The fraction of sp³-hybridized carbons (Fsp3) is 0.926. The molecular weight excluding hydrogens is 372 g/mol. The van der Waals surface area contributed by atoms with E-state index in [1.165, 1.54) is 31.3 Å². The van der Waals surface area contributed by atoms with Crippen molar-refractivity contribution in [3.63, 3.8) is 0 Å². The quantitative estimate of drug-likeness (QED) is 0.529. The molecule has 0 aromatic carbocycles. The third-order valence-electron chi connectivity index (χ3n) is 10.6. The van der Waals surface area contributed by atoms with Gasteiger partial charge in [-0.05, 0) is 104 Å². The Morgan fingerprint density at radius 3 is 2.40 bits per heavy atom. The van der Waals surface area contributed by atoms with Gasteiger partial charge >= 0.3 is 0 Å². The van der Waals surface area contributed by atoms with Crippen molar-refractivity contribution in [3.05, 3.63) is 11.6 Å². The van der Waals surface area contributed by atoms with Crippen LogP contribution in [0.4, 0.5) is 0 Å². The molecule has 0 aromatic heterocycles. The Bertz CT molecular complexity index is 656. The molecule has 0 amide bonds. The van der Waals surface area contributed by atoms with E-state index in [9.17, 15) is 15.3 Å². The summed E-state index contributed by atoms with van der Waals surface area (Å²) in [6.45, 7) is 11.6. The van der Waals surface area contributed by atoms with Crippen LogP contribution in [0.5, 0.6) is 0 Å². The zero-order valence-electron chi connectivity index (χ0n) is 20.0. The van der Waals surface area contributed by atoms with Gasteiger partial charge in [-0.15, -0.1) is 0 Å². The molecule has 3 saturated carbocycles. The summed E-state index contributed by atoms with van der Waals surface area (Å²) in [5.41, 5.74) is 1.83. The molecule has 0 saturated heterocycles. The number of hydrogen-bond donors (Lipinski definition) is 3. The van der Waals surface area contributed by atoms with Crippen LogP contribution in [-0.2, 0) is 0 Å². The lowest BCUT2D eigenvalue weighted by Gasteiger charge is -2.59. The van der Waals surface area contributed by atoms with E-state index in [2.05, 4.69) is 40.7 Å². The molecule has 3 heteroatoms. The van der Waals surface area contributed by atoms with Crippen molar-refractivity contribution in [2.24, 2.45) is 46.3 Å². The molecular formula is C27H46O3. The first-order valence-electron chi connectivity index (χ1n) is 12.8. The van der Waals surface area contributed by atoms with Crippen molar-refractivity contribution >= 4 is 0 Å². The van der Waals surface area contributed by atoms with Crippen molar-refractivity contribution in [1.82, 2.24) is 0 Å². The lowest BCUT2D eigenvalue weighted by molar-refractivity contribution is -0.0973. The fourth-order valence-corrected chi connectivity index (χ4v) is 8.57. The van der Waals surface area contributed by atoms with Gasteiger partial charge in [0.25, 0.3) is 0 Å². The predicted molar refractivity (Wildman–Crippen MR) is 122 cm³/mol. The van der Waals surface area contributed by atoms with Gasteiger partial charge in [0.2, 0.25) is 0 Å². The molecule has 30 heavy (non-hydrogen) atoms. The Balaban J connectivity index is 1.53. The van der Waals surface area contributed by atoms with Gasteiger partial charge in [-0.3, -0.25) is 0 Å². The maximum atomic E-state index is 11.3. The molecule has 3 N–H and O–H groups in total. The van der Waals surface area contributed by atoms with Gasteiger partial charge in [0.15, 0.2) is 0 Å². The Kier molecular flexibility index (Phi) is 6.23. The molecule has 4 aliphatic rings. The van der Waals surface area contributed by atoms with Crippen LogP contribution in [0.2, 0.25) is 0 Å². The molecule has 3 nitrogen and oxygen atoms in total. The third kappa shape index (κ3) is 3.61. The predicted octanol–water partition coefficient (Wildman–Crippen LogP) is 5.33. The molecule has 4 aliphatic carbocycles. The first kappa shape index (κ1) is 22.8. The maximum Gasteiger partial charge on any atom is 0.0757 e. The van der Waals surface area contributed by atoms with E-state index in [0.29, 0.717) is 40.9 Å². The van der Waals surface area contributed by atoms with Gasteiger partial charge in [-0.25, -0.2) is 0 Å². The standard InChI is InChI=1S/C27H46O3/c1-16(2)23(29)9-6-17(3)20-7-8-21-25-22(11-13-27(20,21)5)26(4)12-10-19(28)14-18(26)15-24(25)30/h15-17,19-25,28-30H,6-14H2,1-5H3. The highest BCUT2D eigenvalue weighted by molar-refractivity contribution is 5.27. The normalized spacial score (nSPS) is 47.8. The highest BCUT2D eigenvalue weighted by Crippen LogP contribution is 2.67. The first-order valence-corrected chi connectivity index (χ1v) is 12.8. The first-order chi connectivity index (χ1) is 14.1. The molecule has 3 fully saturated rings. The second-order valence-electron chi connectivity index (χ2n) is 12.4. The van der Waals surface area contributed by atoms with E-state index >= 15 is 0 Å². The number of fused-ring (bicyclic) bond motifs is 5. The van der Waals surface area contributed by atoms with Crippen molar-refractivity contribution in [2.45, 2.75) is 111 Å². The van der Waals surface area contributed by atoms with Gasteiger partial charge < -0.3 is 15.3 Å². The minimum absolute atomic E-state index is 0.176. The SMILES string of the molecule is CC(C)C(O)CCC(C)C1CCC2C3C(O)C=C4CC(O)CCC4(C)C3CCC12C. The van der Waals surface area contributed by atoms with Crippen molar-refractivity contribution < 1.29 is 15.3 Å². The summed E-state index contributed by atoms with van der Waals surface area (Å²) in [5.74, 6) is 3.24. The average Bonchev–Trinajstić information content (AvgIpc) is 3.04. The summed E-state index contributed by atoms with van der Waals surface area (Å²) in [6, 6.07) is 0. The molecule has 172 valence electrons. The van der Waals surface area contributed by atoms with Gasteiger partial charge in [0.05, 0.1) is 18.3 Å². The van der Waals surface area contributed by atoms with E-state index in [-0.39, 0.29) is 23.7 Å². The summed E-state index contributed by atoms with van der Waals surface area (Å²) in [4.78, 5) is 0. The van der Waals surface area contributed by atoms with E-state index in [1.807, 2.05) is 0 Å². The third-order valence-corrected chi connectivity index (χ3v) is 10.6. The van der Waals surface area contributed by atoms with Crippen LogP contribution >= 0.6 is 0 Å². The van der Waals surface area contributed by atoms with Crippen molar-refractivity contribution in [1.29, 1.82) is 0 Å². The Hall–Kier alpha value is -0.380. The molecule has 0 heterocycles. The van der Waals surface area contributed by atoms with Gasteiger partial charge in [-0.1, -0.05) is 46.3 Å². The lowest BCUT2D eigenvalue weighted by Crippen LogP contribution is -2.55. The van der Waals surface area contributed by atoms with Crippen LogP contribution in [-0.4, -0.2) is 33.6 Å². The van der Waals surface area contributed by atoms with Gasteiger partial charge in [0.1, 0.15) is 0 Å². The van der Waals surface area contributed by atoms with E-state index < -0.39 is 0 Å². The zero-order valence-corrected chi connectivity index (χ0v) is 20.0. The summed E-state index contributed by atoms with van der Waals surface area (Å²) < 4.78 is 0. The topological polar surface area (TPSA) is 60.7 Å². The molecule has 0 bridgehead atoms. The number of aliphatic hydroxyl groups excluding tert-OH is 3. The van der Waals surface area contributed by atoms with E-state index in [1.54, 1.807) is 0 Å². The number of rotatable bonds is 5.